The zero-order valence-electron chi connectivity index (χ0n) is 10.6. The molecule has 4 heteroatoms. The van der Waals surface area contributed by atoms with Crippen LogP contribution >= 0.6 is 0 Å². The number of aryl methyl sites for hydroxylation is 1. The Balaban J connectivity index is 1.99. The van der Waals surface area contributed by atoms with Crippen LogP contribution < -0.4 is 5.32 Å². The van der Waals surface area contributed by atoms with Gasteiger partial charge in [0.15, 0.2) is 0 Å². The van der Waals surface area contributed by atoms with Gasteiger partial charge in [-0.2, -0.15) is 5.26 Å². The second-order valence-electron chi connectivity index (χ2n) is 4.31. The van der Waals surface area contributed by atoms with E-state index in [0.717, 1.165) is 17.9 Å². The molecule has 4 nitrogen and oxygen atoms in total. The van der Waals surface area contributed by atoms with E-state index in [1.54, 1.807) is 6.20 Å². The van der Waals surface area contributed by atoms with Crippen molar-refractivity contribution in [1.29, 1.82) is 5.26 Å². The molecule has 1 atom stereocenters. The average molecular weight is 240 g/mol. The molecule has 0 fully saturated rings. The molecular formula is C14H16N4. The van der Waals surface area contributed by atoms with Gasteiger partial charge in [0, 0.05) is 26.0 Å². The van der Waals surface area contributed by atoms with E-state index < -0.39 is 0 Å². The molecule has 0 aliphatic carbocycles. The first-order chi connectivity index (χ1) is 8.70. The maximum Gasteiger partial charge on any atom is 0.125 e. The zero-order valence-corrected chi connectivity index (χ0v) is 10.6. The van der Waals surface area contributed by atoms with Crippen LogP contribution in [-0.4, -0.2) is 9.55 Å². The molecule has 1 unspecified atom stereocenters. The van der Waals surface area contributed by atoms with E-state index in [1.165, 1.54) is 0 Å². The number of rotatable bonds is 4. The quantitative estimate of drug-likeness (QED) is 0.890. The van der Waals surface area contributed by atoms with Gasteiger partial charge in [-0.1, -0.05) is 12.1 Å². The number of aromatic nitrogens is 2. The number of nitrogens with one attached hydrogen (secondary N) is 1. The lowest BCUT2D eigenvalue weighted by Crippen LogP contribution is -2.21. The van der Waals surface area contributed by atoms with Crippen molar-refractivity contribution in [2.75, 3.05) is 0 Å². The minimum atomic E-state index is 0.177. The molecule has 0 amide bonds. The molecule has 18 heavy (non-hydrogen) atoms. The molecule has 1 N–H and O–H groups in total. The summed E-state index contributed by atoms with van der Waals surface area (Å²) in [5.41, 5.74) is 1.80. The molecular weight excluding hydrogens is 224 g/mol. The van der Waals surface area contributed by atoms with Crippen molar-refractivity contribution in [3.63, 3.8) is 0 Å². The van der Waals surface area contributed by atoms with Gasteiger partial charge in [0.1, 0.15) is 5.82 Å². The van der Waals surface area contributed by atoms with Gasteiger partial charge in [0.25, 0.3) is 0 Å². The molecule has 0 aliphatic rings. The molecule has 0 bridgehead atoms. The van der Waals surface area contributed by atoms with Gasteiger partial charge in [-0.25, -0.2) is 4.98 Å². The van der Waals surface area contributed by atoms with Crippen LogP contribution in [0.2, 0.25) is 0 Å². The number of hydrogen-bond donors (Lipinski definition) is 1. The first kappa shape index (κ1) is 12.3. The van der Waals surface area contributed by atoms with Crippen molar-refractivity contribution in [2.45, 2.75) is 19.5 Å². The third kappa shape index (κ3) is 2.76. The second kappa shape index (κ2) is 5.48. The Morgan fingerprint density at radius 2 is 2.33 bits per heavy atom. The fourth-order valence-electron chi connectivity index (χ4n) is 1.91. The summed E-state index contributed by atoms with van der Waals surface area (Å²) in [6.45, 7) is 2.81. The highest BCUT2D eigenvalue weighted by atomic mass is 15.1. The van der Waals surface area contributed by atoms with Crippen LogP contribution in [0.5, 0.6) is 0 Å². The van der Waals surface area contributed by atoms with E-state index >= 15 is 0 Å². The van der Waals surface area contributed by atoms with E-state index in [0.29, 0.717) is 5.56 Å². The normalized spacial score (nSPS) is 12.1. The predicted molar refractivity (Wildman–Crippen MR) is 69.6 cm³/mol. The van der Waals surface area contributed by atoms with Gasteiger partial charge in [0.2, 0.25) is 0 Å². The van der Waals surface area contributed by atoms with Crippen molar-refractivity contribution in [1.82, 2.24) is 14.9 Å². The van der Waals surface area contributed by atoms with Crippen LogP contribution in [-0.2, 0) is 13.6 Å². The van der Waals surface area contributed by atoms with Gasteiger partial charge in [0.05, 0.1) is 17.7 Å². The van der Waals surface area contributed by atoms with Crippen molar-refractivity contribution in [3.8, 4) is 6.07 Å². The van der Waals surface area contributed by atoms with Crippen molar-refractivity contribution in [2.24, 2.45) is 7.05 Å². The fraction of sp³-hybridized carbons (Fsp3) is 0.286. The molecule has 92 valence electrons. The largest absolute Gasteiger partial charge is 0.337 e. The minimum absolute atomic E-state index is 0.177. The van der Waals surface area contributed by atoms with E-state index in [-0.39, 0.29) is 6.04 Å². The van der Waals surface area contributed by atoms with E-state index in [4.69, 9.17) is 5.26 Å². The number of nitriles is 1. The van der Waals surface area contributed by atoms with Crippen LogP contribution in [0.4, 0.5) is 0 Å². The number of benzene rings is 1. The lowest BCUT2D eigenvalue weighted by molar-refractivity contribution is 0.530. The molecule has 0 saturated carbocycles. The highest BCUT2D eigenvalue weighted by Crippen LogP contribution is 2.10. The summed E-state index contributed by atoms with van der Waals surface area (Å²) in [6, 6.07) is 9.95. The van der Waals surface area contributed by atoms with E-state index in [1.807, 2.05) is 42.1 Å². The van der Waals surface area contributed by atoms with Gasteiger partial charge in [-0.05, 0) is 24.6 Å². The van der Waals surface area contributed by atoms with Gasteiger partial charge < -0.3 is 9.88 Å². The molecule has 1 aromatic heterocycles. The molecule has 0 spiro atoms. The summed E-state index contributed by atoms with van der Waals surface area (Å²) >= 11 is 0. The Morgan fingerprint density at radius 3 is 3.00 bits per heavy atom. The third-order valence-corrected chi connectivity index (χ3v) is 2.91. The molecule has 0 radical (unpaired) electrons. The Bertz CT molecular complexity index is 565. The molecule has 2 rings (SSSR count). The number of nitrogens with zero attached hydrogens (tertiary/aromatic N) is 3. The van der Waals surface area contributed by atoms with Gasteiger partial charge >= 0.3 is 0 Å². The Labute approximate surface area is 107 Å². The highest BCUT2D eigenvalue weighted by molar-refractivity contribution is 5.32. The zero-order chi connectivity index (χ0) is 13.0. The Hall–Kier alpha value is -2.12. The summed E-state index contributed by atoms with van der Waals surface area (Å²) in [5.74, 6) is 1.01. The molecule has 2 aromatic rings. The monoisotopic (exact) mass is 240 g/mol. The van der Waals surface area contributed by atoms with Crippen LogP contribution in [0.15, 0.2) is 36.7 Å². The van der Waals surface area contributed by atoms with Crippen LogP contribution in [0.25, 0.3) is 0 Å². The summed E-state index contributed by atoms with van der Waals surface area (Å²) in [7, 11) is 1.98. The summed E-state index contributed by atoms with van der Waals surface area (Å²) in [5, 5.41) is 12.2. The molecule has 1 heterocycles. The topological polar surface area (TPSA) is 53.6 Å². The van der Waals surface area contributed by atoms with Crippen molar-refractivity contribution in [3.05, 3.63) is 53.6 Å². The first-order valence-corrected chi connectivity index (χ1v) is 5.90. The van der Waals surface area contributed by atoms with Crippen LogP contribution in [0.1, 0.15) is 29.9 Å². The lowest BCUT2D eigenvalue weighted by atomic mass is 10.1. The van der Waals surface area contributed by atoms with E-state index in [9.17, 15) is 0 Å². The van der Waals surface area contributed by atoms with Gasteiger partial charge in [-0.3, -0.25) is 0 Å². The predicted octanol–water partition coefficient (Wildman–Crippen LogP) is 2.14. The summed E-state index contributed by atoms with van der Waals surface area (Å²) in [4.78, 5) is 4.31. The fourth-order valence-corrected chi connectivity index (χ4v) is 1.91. The second-order valence-corrected chi connectivity index (χ2v) is 4.31. The van der Waals surface area contributed by atoms with Crippen molar-refractivity contribution >= 4 is 0 Å². The standard InChI is InChI=1S/C14H16N4/c1-11(14-16-6-7-18(14)2)17-10-13-5-3-4-12(8-13)9-15/h3-8,11,17H,10H2,1-2H3. The summed E-state index contributed by atoms with van der Waals surface area (Å²) < 4.78 is 2.00. The van der Waals surface area contributed by atoms with E-state index in [2.05, 4.69) is 23.3 Å². The first-order valence-electron chi connectivity index (χ1n) is 5.90. The SMILES string of the molecule is CC(NCc1cccc(C#N)c1)c1nccn1C. The van der Waals surface area contributed by atoms with Crippen LogP contribution in [0, 0.1) is 11.3 Å². The number of imidazole rings is 1. The Kier molecular flexibility index (Phi) is 3.75. The third-order valence-electron chi connectivity index (χ3n) is 2.91. The average Bonchev–Trinajstić information content (AvgIpc) is 2.82. The highest BCUT2D eigenvalue weighted by Gasteiger charge is 2.09. The molecule has 1 aromatic carbocycles. The van der Waals surface area contributed by atoms with Gasteiger partial charge in [-0.15, -0.1) is 0 Å². The molecule has 0 aliphatic heterocycles. The summed E-state index contributed by atoms with van der Waals surface area (Å²) in [6.07, 6.45) is 3.73. The maximum absolute atomic E-state index is 8.84. The maximum atomic E-state index is 8.84. The minimum Gasteiger partial charge on any atom is -0.337 e. The molecule has 0 saturated heterocycles. The Morgan fingerprint density at radius 1 is 1.50 bits per heavy atom. The number of hydrogen-bond acceptors (Lipinski definition) is 3. The smallest absolute Gasteiger partial charge is 0.125 e. The van der Waals surface area contributed by atoms with Crippen molar-refractivity contribution < 1.29 is 0 Å². The van der Waals surface area contributed by atoms with Crippen LogP contribution in [0.3, 0.4) is 0 Å². The lowest BCUT2D eigenvalue weighted by Gasteiger charge is -2.13.